The van der Waals surface area contributed by atoms with Crippen molar-refractivity contribution in [3.63, 3.8) is 0 Å². The minimum absolute atomic E-state index is 0.0962. The minimum atomic E-state index is -0.454. The number of hydrogen-bond acceptors (Lipinski definition) is 4. The van der Waals surface area contributed by atoms with Gasteiger partial charge in [-0.15, -0.1) is 0 Å². The van der Waals surface area contributed by atoms with E-state index in [1.165, 1.54) is 6.07 Å². The quantitative estimate of drug-likeness (QED) is 0.751. The number of rotatable bonds is 3. The van der Waals surface area contributed by atoms with E-state index < -0.39 is 5.63 Å². The van der Waals surface area contributed by atoms with Gasteiger partial charge in [0.05, 0.1) is 23.5 Å². The lowest BCUT2D eigenvalue weighted by Crippen LogP contribution is -2.16. The van der Waals surface area contributed by atoms with Crippen molar-refractivity contribution in [2.45, 2.75) is 27.2 Å². The molecular weight excluding hydrogens is 306 g/mol. The monoisotopic (exact) mass is 325 g/mol. The Hall–Kier alpha value is -2.89. The standard InChI is InChI=1S/C18H19N3O3/c1-10-5-6-14-13(9-17(23)24-15(14)7-10)8-16(22)19-18-11(2)20-21(4)12(18)3/h5-7,9H,8H2,1-4H3,(H,19,22). The molecule has 1 amide bonds. The summed E-state index contributed by atoms with van der Waals surface area (Å²) in [7, 11) is 1.83. The van der Waals surface area contributed by atoms with Gasteiger partial charge in [0.15, 0.2) is 0 Å². The van der Waals surface area contributed by atoms with Crippen molar-refractivity contribution >= 4 is 22.6 Å². The van der Waals surface area contributed by atoms with Crippen LogP contribution in [-0.2, 0) is 18.3 Å². The van der Waals surface area contributed by atoms with Crippen LogP contribution >= 0.6 is 0 Å². The molecule has 0 atom stereocenters. The lowest BCUT2D eigenvalue weighted by atomic mass is 10.1. The average Bonchev–Trinajstić information content (AvgIpc) is 2.73. The number of hydrogen-bond donors (Lipinski definition) is 1. The number of nitrogens with zero attached hydrogens (tertiary/aromatic N) is 2. The van der Waals surface area contributed by atoms with E-state index in [1.54, 1.807) is 10.7 Å². The van der Waals surface area contributed by atoms with Gasteiger partial charge in [-0.3, -0.25) is 9.48 Å². The molecule has 0 saturated heterocycles. The van der Waals surface area contributed by atoms with Gasteiger partial charge in [-0.25, -0.2) is 4.79 Å². The van der Waals surface area contributed by atoms with Crippen LogP contribution in [0.4, 0.5) is 5.69 Å². The largest absolute Gasteiger partial charge is 0.423 e. The molecule has 2 aromatic heterocycles. The van der Waals surface area contributed by atoms with Crippen LogP contribution in [0.15, 0.2) is 33.5 Å². The molecule has 6 nitrogen and oxygen atoms in total. The highest BCUT2D eigenvalue weighted by Gasteiger charge is 2.15. The van der Waals surface area contributed by atoms with Crippen LogP contribution in [0.2, 0.25) is 0 Å². The molecule has 0 aliphatic carbocycles. The summed E-state index contributed by atoms with van der Waals surface area (Å²) in [6, 6.07) is 6.98. The molecule has 1 aromatic carbocycles. The highest BCUT2D eigenvalue weighted by Crippen LogP contribution is 2.21. The third-order valence-corrected chi connectivity index (χ3v) is 4.11. The van der Waals surface area contributed by atoms with Crippen molar-refractivity contribution in [2.24, 2.45) is 7.05 Å². The van der Waals surface area contributed by atoms with Crippen LogP contribution in [0.25, 0.3) is 11.0 Å². The Bertz CT molecular complexity index is 999. The van der Waals surface area contributed by atoms with Crippen LogP contribution < -0.4 is 10.9 Å². The van der Waals surface area contributed by atoms with E-state index in [-0.39, 0.29) is 12.3 Å². The fourth-order valence-electron chi connectivity index (χ4n) is 2.79. The molecule has 0 spiro atoms. The number of aryl methyl sites for hydroxylation is 3. The van der Waals surface area contributed by atoms with Gasteiger partial charge in [0.2, 0.25) is 5.91 Å². The number of amides is 1. The maximum atomic E-state index is 12.4. The maximum Gasteiger partial charge on any atom is 0.336 e. The summed E-state index contributed by atoms with van der Waals surface area (Å²) in [6.45, 7) is 5.66. The number of aromatic nitrogens is 2. The van der Waals surface area contributed by atoms with E-state index >= 15 is 0 Å². The number of benzene rings is 1. The second-order valence-electron chi connectivity index (χ2n) is 5.98. The fraction of sp³-hybridized carbons (Fsp3) is 0.278. The second-order valence-corrected chi connectivity index (χ2v) is 5.98. The van der Waals surface area contributed by atoms with Crippen LogP contribution in [-0.4, -0.2) is 15.7 Å². The van der Waals surface area contributed by atoms with Crippen molar-refractivity contribution in [3.05, 3.63) is 57.2 Å². The number of anilines is 1. The highest BCUT2D eigenvalue weighted by atomic mass is 16.4. The van der Waals surface area contributed by atoms with Gasteiger partial charge in [-0.1, -0.05) is 12.1 Å². The molecule has 0 aliphatic rings. The summed E-state index contributed by atoms with van der Waals surface area (Å²) in [6.07, 6.45) is 0.0962. The van der Waals surface area contributed by atoms with E-state index in [1.807, 2.05) is 40.0 Å². The van der Waals surface area contributed by atoms with Crippen molar-refractivity contribution in [1.82, 2.24) is 9.78 Å². The number of carbonyl (C=O) groups is 1. The number of fused-ring (bicyclic) bond motifs is 1. The van der Waals surface area contributed by atoms with Gasteiger partial charge in [0.1, 0.15) is 5.58 Å². The first kappa shape index (κ1) is 16.0. The zero-order valence-corrected chi connectivity index (χ0v) is 14.1. The van der Waals surface area contributed by atoms with Crippen LogP contribution in [0.5, 0.6) is 0 Å². The molecule has 3 rings (SSSR count). The van der Waals surface area contributed by atoms with Gasteiger partial charge >= 0.3 is 5.63 Å². The Morgan fingerprint density at radius 1 is 1.25 bits per heavy atom. The summed E-state index contributed by atoms with van der Waals surface area (Å²) < 4.78 is 6.95. The second kappa shape index (κ2) is 5.96. The molecule has 124 valence electrons. The Kier molecular flexibility index (Phi) is 3.97. The Morgan fingerprint density at radius 2 is 2.00 bits per heavy atom. The lowest BCUT2D eigenvalue weighted by Gasteiger charge is -2.08. The van der Waals surface area contributed by atoms with E-state index in [0.717, 1.165) is 22.3 Å². The fourth-order valence-corrected chi connectivity index (χ4v) is 2.79. The smallest absolute Gasteiger partial charge is 0.336 e. The van der Waals surface area contributed by atoms with Crippen molar-refractivity contribution in [2.75, 3.05) is 5.32 Å². The third kappa shape index (κ3) is 2.95. The molecule has 2 heterocycles. The van der Waals surface area contributed by atoms with Crippen molar-refractivity contribution in [3.8, 4) is 0 Å². The highest BCUT2D eigenvalue weighted by molar-refractivity contribution is 5.96. The summed E-state index contributed by atoms with van der Waals surface area (Å²) in [4.78, 5) is 24.2. The number of carbonyl (C=O) groups excluding carboxylic acids is 1. The van der Waals surface area contributed by atoms with Crippen LogP contribution in [0.1, 0.15) is 22.5 Å². The minimum Gasteiger partial charge on any atom is -0.423 e. The summed E-state index contributed by atoms with van der Waals surface area (Å²) in [5.41, 5.74) is 4.05. The van der Waals surface area contributed by atoms with Crippen LogP contribution in [0.3, 0.4) is 0 Å². The topological polar surface area (TPSA) is 77.1 Å². The summed E-state index contributed by atoms with van der Waals surface area (Å²) in [5.74, 6) is -0.193. The van der Waals surface area contributed by atoms with E-state index in [2.05, 4.69) is 10.4 Å². The predicted octanol–water partition coefficient (Wildman–Crippen LogP) is 2.63. The van der Waals surface area contributed by atoms with Gasteiger partial charge in [0.25, 0.3) is 0 Å². The maximum absolute atomic E-state index is 12.4. The molecule has 0 fully saturated rings. The van der Waals surface area contributed by atoms with Crippen molar-refractivity contribution < 1.29 is 9.21 Å². The molecule has 6 heteroatoms. The first-order chi connectivity index (χ1) is 11.3. The zero-order chi connectivity index (χ0) is 17.4. The van der Waals surface area contributed by atoms with Gasteiger partial charge in [-0.2, -0.15) is 5.10 Å². The molecule has 24 heavy (non-hydrogen) atoms. The lowest BCUT2D eigenvalue weighted by molar-refractivity contribution is -0.115. The molecule has 0 bridgehead atoms. The normalized spacial score (nSPS) is 11.0. The molecule has 1 N–H and O–H groups in total. The Balaban J connectivity index is 1.92. The summed E-state index contributed by atoms with van der Waals surface area (Å²) in [5, 5.41) is 7.94. The van der Waals surface area contributed by atoms with E-state index in [9.17, 15) is 9.59 Å². The first-order valence-electron chi connectivity index (χ1n) is 7.68. The van der Waals surface area contributed by atoms with E-state index in [4.69, 9.17) is 4.42 Å². The first-order valence-corrected chi connectivity index (χ1v) is 7.68. The summed E-state index contributed by atoms with van der Waals surface area (Å²) >= 11 is 0. The van der Waals surface area contributed by atoms with Gasteiger partial charge in [-0.05, 0) is 38.0 Å². The van der Waals surface area contributed by atoms with Gasteiger partial charge in [0, 0.05) is 18.5 Å². The Morgan fingerprint density at radius 3 is 2.67 bits per heavy atom. The third-order valence-electron chi connectivity index (χ3n) is 4.11. The molecule has 0 radical (unpaired) electrons. The predicted molar refractivity (Wildman–Crippen MR) is 92.2 cm³/mol. The molecular formula is C18H19N3O3. The van der Waals surface area contributed by atoms with Crippen molar-refractivity contribution in [1.29, 1.82) is 0 Å². The molecule has 3 aromatic rings. The molecule has 0 saturated carbocycles. The van der Waals surface area contributed by atoms with Gasteiger partial charge < -0.3 is 9.73 Å². The zero-order valence-electron chi connectivity index (χ0n) is 14.1. The SMILES string of the molecule is Cc1ccc2c(CC(=O)Nc3c(C)nn(C)c3C)cc(=O)oc2c1. The number of nitrogens with one attached hydrogen (secondary N) is 1. The molecule has 0 unspecified atom stereocenters. The molecule has 0 aliphatic heterocycles. The average molecular weight is 325 g/mol. The van der Waals surface area contributed by atoms with Crippen LogP contribution in [0, 0.1) is 20.8 Å². The Labute approximate surface area is 139 Å². The van der Waals surface area contributed by atoms with E-state index in [0.29, 0.717) is 16.8 Å².